The molecule has 1 aliphatic heterocycles. The molecule has 0 spiro atoms. The van der Waals surface area contributed by atoms with Gasteiger partial charge in [-0.25, -0.2) is 4.79 Å². The van der Waals surface area contributed by atoms with Gasteiger partial charge in [0.1, 0.15) is 18.5 Å². The van der Waals surface area contributed by atoms with Crippen LogP contribution in [0.5, 0.6) is 0 Å². The van der Waals surface area contributed by atoms with Gasteiger partial charge in [-0.15, -0.1) is 0 Å². The van der Waals surface area contributed by atoms with Gasteiger partial charge >= 0.3 is 5.97 Å². The van der Waals surface area contributed by atoms with E-state index < -0.39 is 0 Å². The zero-order valence-corrected chi connectivity index (χ0v) is 16.1. The molecular formula is C23H26O4. The van der Waals surface area contributed by atoms with Crippen LogP contribution >= 0.6 is 0 Å². The molecule has 4 rings (SSSR count). The van der Waals surface area contributed by atoms with E-state index in [0.29, 0.717) is 24.7 Å². The van der Waals surface area contributed by atoms with E-state index >= 15 is 0 Å². The molecule has 0 saturated carbocycles. The number of rotatable bonds is 4. The number of carbonyl (C=O) groups excluding carboxylic acids is 1. The molecule has 1 aliphatic carbocycles. The van der Waals surface area contributed by atoms with E-state index in [4.69, 9.17) is 13.9 Å². The molecule has 142 valence electrons. The highest BCUT2D eigenvalue weighted by atomic mass is 16.5. The fourth-order valence-corrected chi connectivity index (χ4v) is 4.82. The molecule has 4 nitrogen and oxygen atoms in total. The maximum atomic E-state index is 12.5. The van der Waals surface area contributed by atoms with E-state index in [-0.39, 0.29) is 29.3 Å². The second kappa shape index (κ2) is 7.01. The number of hydrogen-bond acceptors (Lipinski definition) is 4. The first kappa shape index (κ1) is 18.1. The molecule has 27 heavy (non-hydrogen) atoms. The minimum atomic E-state index is -0.277. The van der Waals surface area contributed by atoms with Crippen LogP contribution < -0.4 is 0 Å². The molecule has 0 radical (unpaired) electrons. The van der Waals surface area contributed by atoms with Gasteiger partial charge in [0.15, 0.2) is 0 Å². The van der Waals surface area contributed by atoms with Crippen molar-refractivity contribution in [3.63, 3.8) is 0 Å². The first-order valence-electron chi connectivity index (χ1n) is 9.58. The third kappa shape index (κ3) is 3.02. The van der Waals surface area contributed by atoms with Crippen LogP contribution in [0.3, 0.4) is 0 Å². The molecule has 2 heterocycles. The first-order chi connectivity index (χ1) is 13.0. The number of fused-ring (bicyclic) bond motifs is 2. The molecule has 0 amide bonds. The second-order valence-corrected chi connectivity index (χ2v) is 7.94. The largest absolute Gasteiger partial charge is 0.467 e. The predicted octanol–water partition coefficient (Wildman–Crippen LogP) is 5.04. The minimum absolute atomic E-state index is 0.0864. The summed E-state index contributed by atoms with van der Waals surface area (Å²) in [5.74, 6) is 1.38. The zero-order chi connectivity index (χ0) is 19.0. The van der Waals surface area contributed by atoms with Crippen molar-refractivity contribution in [2.75, 3.05) is 13.2 Å². The van der Waals surface area contributed by atoms with Crippen LogP contribution in [0, 0.1) is 23.2 Å². The average molecular weight is 366 g/mol. The van der Waals surface area contributed by atoms with Crippen LogP contribution in [-0.2, 0) is 9.47 Å². The number of ether oxygens (including phenoxy) is 2. The average Bonchev–Trinajstić information content (AvgIpc) is 3.20. The molecule has 2 aromatic rings. The Morgan fingerprint density at radius 2 is 1.96 bits per heavy atom. The molecule has 1 aromatic heterocycles. The number of allylic oxidation sites excluding steroid dienone is 1. The van der Waals surface area contributed by atoms with Crippen molar-refractivity contribution in [1.29, 1.82) is 0 Å². The summed E-state index contributed by atoms with van der Waals surface area (Å²) in [4.78, 5) is 12.5. The summed E-state index contributed by atoms with van der Waals surface area (Å²) < 4.78 is 17.7. The Morgan fingerprint density at radius 3 is 2.67 bits per heavy atom. The lowest BCUT2D eigenvalue weighted by molar-refractivity contribution is -0.170. The Labute approximate surface area is 160 Å². The zero-order valence-electron chi connectivity index (χ0n) is 16.1. The normalized spacial score (nSPS) is 32.6. The first-order valence-corrected chi connectivity index (χ1v) is 9.58. The van der Waals surface area contributed by atoms with Crippen molar-refractivity contribution in [3.8, 4) is 0 Å². The Kier molecular flexibility index (Phi) is 4.68. The van der Waals surface area contributed by atoms with Crippen LogP contribution in [0.15, 0.2) is 64.8 Å². The SMILES string of the molecule is CC1=C[C@@H](C)[C@@]2(COC(=O)c3ccccc3)CO[C@H](c3ccco3)[C@@H]1[C@H]2C. The summed E-state index contributed by atoms with van der Waals surface area (Å²) in [6, 6.07) is 13.0. The molecular weight excluding hydrogens is 340 g/mol. The van der Waals surface area contributed by atoms with E-state index in [1.807, 2.05) is 30.3 Å². The number of carbonyl (C=O) groups is 1. The van der Waals surface area contributed by atoms with Gasteiger partial charge in [-0.3, -0.25) is 0 Å². The monoisotopic (exact) mass is 366 g/mol. The van der Waals surface area contributed by atoms with E-state index in [2.05, 4.69) is 26.8 Å². The van der Waals surface area contributed by atoms with Gasteiger partial charge in [0.05, 0.1) is 18.4 Å². The maximum absolute atomic E-state index is 12.5. The summed E-state index contributed by atoms with van der Waals surface area (Å²) in [5, 5.41) is 0. The van der Waals surface area contributed by atoms with Crippen molar-refractivity contribution < 1.29 is 18.7 Å². The van der Waals surface area contributed by atoms with Gasteiger partial charge in [0.2, 0.25) is 0 Å². The fraction of sp³-hybridized carbons (Fsp3) is 0.435. The molecule has 0 unspecified atom stereocenters. The lowest BCUT2D eigenvalue weighted by Crippen LogP contribution is -2.54. The number of furan rings is 1. The molecule has 4 heteroatoms. The number of esters is 1. The molecule has 1 fully saturated rings. The molecule has 2 bridgehead atoms. The Hall–Kier alpha value is -2.33. The van der Waals surface area contributed by atoms with Crippen molar-refractivity contribution in [1.82, 2.24) is 0 Å². The highest BCUT2D eigenvalue weighted by molar-refractivity contribution is 5.89. The second-order valence-electron chi connectivity index (χ2n) is 7.94. The molecule has 1 saturated heterocycles. The molecule has 5 atom stereocenters. The molecule has 2 aliphatic rings. The highest BCUT2D eigenvalue weighted by Crippen LogP contribution is 2.56. The summed E-state index contributed by atoms with van der Waals surface area (Å²) in [6.45, 7) is 7.52. The summed E-state index contributed by atoms with van der Waals surface area (Å²) in [5.41, 5.74) is 1.68. The van der Waals surface area contributed by atoms with Gasteiger partial charge in [0.25, 0.3) is 0 Å². The Bertz CT molecular complexity index is 823. The van der Waals surface area contributed by atoms with Crippen LogP contribution in [0.4, 0.5) is 0 Å². The minimum Gasteiger partial charge on any atom is -0.467 e. The van der Waals surface area contributed by atoms with E-state index in [9.17, 15) is 4.79 Å². The van der Waals surface area contributed by atoms with Crippen molar-refractivity contribution in [3.05, 3.63) is 71.7 Å². The fourth-order valence-electron chi connectivity index (χ4n) is 4.82. The maximum Gasteiger partial charge on any atom is 0.338 e. The highest BCUT2D eigenvalue weighted by Gasteiger charge is 2.55. The lowest BCUT2D eigenvalue weighted by Gasteiger charge is -2.54. The third-order valence-corrected chi connectivity index (χ3v) is 6.55. The van der Waals surface area contributed by atoms with Gasteiger partial charge < -0.3 is 13.9 Å². The smallest absolute Gasteiger partial charge is 0.338 e. The van der Waals surface area contributed by atoms with Crippen LogP contribution in [0.1, 0.15) is 43.0 Å². The summed E-state index contributed by atoms with van der Waals surface area (Å²) >= 11 is 0. The van der Waals surface area contributed by atoms with Gasteiger partial charge in [-0.2, -0.15) is 0 Å². The van der Waals surface area contributed by atoms with Crippen LogP contribution in [0.2, 0.25) is 0 Å². The quantitative estimate of drug-likeness (QED) is 0.562. The van der Waals surface area contributed by atoms with E-state index in [1.165, 1.54) is 5.57 Å². The Morgan fingerprint density at radius 1 is 1.19 bits per heavy atom. The third-order valence-electron chi connectivity index (χ3n) is 6.55. The predicted molar refractivity (Wildman–Crippen MR) is 102 cm³/mol. The topological polar surface area (TPSA) is 48.7 Å². The van der Waals surface area contributed by atoms with Crippen LogP contribution in [-0.4, -0.2) is 19.2 Å². The van der Waals surface area contributed by atoms with Crippen molar-refractivity contribution >= 4 is 5.97 Å². The lowest BCUT2D eigenvalue weighted by atomic mass is 9.56. The van der Waals surface area contributed by atoms with E-state index in [0.717, 1.165) is 5.76 Å². The van der Waals surface area contributed by atoms with Crippen molar-refractivity contribution in [2.45, 2.75) is 26.9 Å². The van der Waals surface area contributed by atoms with Gasteiger partial charge in [-0.05, 0) is 43.0 Å². The Balaban J connectivity index is 1.58. The van der Waals surface area contributed by atoms with E-state index in [1.54, 1.807) is 18.4 Å². The summed E-state index contributed by atoms with van der Waals surface area (Å²) in [7, 11) is 0. The number of hydrogen-bond donors (Lipinski definition) is 0. The standard InChI is InChI=1S/C23H26O4/c1-15-12-16(2)23(14-27-22(24)18-8-5-4-6-9-18)13-26-21(20(15)17(23)3)19-10-7-11-25-19/h4-12,16-17,20-21H,13-14H2,1-3H3/t16-,17-,20+,21-,23+/m1/s1. The molecule has 0 N–H and O–H groups in total. The van der Waals surface area contributed by atoms with Crippen LogP contribution in [0.25, 0.3) is 0 Å². The number of benzene rings is 1. The van der Waals surface area contributed by atoms with Gasteiger partial charge in [-0.1, -0.05) is 43.7 Å². The van der Waals surface area contributed by atoms with Gasteiger partial charge in [0, 0.05) is 11.3 Å². The van der Waals surface area contributed by atoms with Crippen molar-refractivity contribution in [2.24, 2.45) is 23.2 Å². The summed E-state index contributed by atoms with van der Waals surface area (Å²) in [6.07, 6.45) is 3.92. The molecule has 1 aromatic carbocycles.